The van der Waals surface area contributed by atoms with Crippen molar-refractivity contribution in [3.8, 4) is 0 Å². The summed E-state index contributed by atoms with van der Waals surface area (Å²) in [5, 5.41) is 5.58. The summed E-state index contributed by atoms with van der Waals surface area (Å²) in [7, 11) is 3.32. The van der Waals surface area contributed by atoms with E-state index in [1.54, 1.807) is 34.0 Å². The van der Waals surface area contributed by atoms with E-state index < -0.39 is 11.7 Å². The highest BCUT2D eigenvalue weighted by Crippen LogP contribution is 2.19. The largest absolute Gasteiger partial charge is 0.444 e. The van der Waals surface area contributed by atoms with Gasteiger partial charge in [-0.2, -0.15) is 0 Å². The molecule has 8 heteroatoms. The smallest absolute Gasteiger partial charge is 0.407 e. The number of rotatable bonds is 10. The number of amides is 2. The third-order valence-corrected chi connectivity index (χ3v) is 5.15. The predicted octanol–water partition coefficient (Wildman–Crippen LogP) is 3.51. The molecule has 0 atom stereocenters. The second kappa shape index (κ2) is 12.6. The summed E-state index contributed by atoms with van der Waals surface area (Å²) in [6.07, 6.45) is 7.14. The van der Waals surface area contributed by atoms with Crippen molar-refractivity contribution in [3.05, 3.63) is 36.2 Å². The van der Waals surface area contributed by atoms with Gasteiger partial charge in [-0.15, -0.1) is 0 Å². The van der Waals surface area contributed by atoms with Gasteiger partial charge in [-0.3, -0.25) is 9.78 Å². The maximum absolute atomic E-state index is 11.7. The van der Waals surface area contributed by atoms with Crippen molar-refractivity contribution in [2.45, 2.75) is 32.8 Å². The molecule has 1 rings (SSSR count). The van der Waals surface area contributed by atoms with Crippen LogP contribution in [0.15, 0.2) is 30.6 Å². The predicted molar refractivity (Wildman–Crippen MR) is 110 cm³/mol. The minimum absolute atomic E-state index is 0.00216. The molecule has 2 N–H and O–H groups in total. The van der Waals surface area contributed by atoms with Crippen LogP contribution >= 0.6 is 21.6 Å². The minimum atomic E-state index is -0.475. The highest BCUT2D eigenvalue weighted by molar-refractivity contribution is 8.76. The molecule has 0 unspecified atom stereocenters. The van der Waals surface area contributed by atoms with Crippen molar-refractivity contribution in [3.63, 3.8) is 0 Å². The zero-order valence-electron chi connectivity index (χ0n) is 15.5. The molecule has 0 saturated carbocycles. The zero-order valence-corrected chi connectivity index (χ0v) is 17.1. The summed E-state index contributed by atoms with van der Waals surface area (Å²) >= 11 is 0. The number of carbonyl (C=O) groups excluding carboxylic acids is 2. The summed E-state index contributed by atoms with van der Waals surface area (Å²) in [5.41, 5.74) is 0.504. The van der Waals surface area contributed by atoms with Crippen LogP contribution in [-0.4, -0.2) is 47.2 Å². The van der Waals surface area contributed by atoms with Crippen molar-refractivity contribution in [2.75, 3.05) is 24.6 Å². The van der Waals surface area contributed by atoms with Gasteiger partial charge in [0.15, 0.2) is 0 Å². The van der Waals surface area contributed by atoms with E-state index in [0.717, 1.165) is 17.1 Å². The number of aromatic nitrogens is 1. The quantitative estimate of drug-likeness (QED) is 0.465. The molecule has 1 heterocycles. The topological polar surface area (TPSA) is 80.3 Å². The molecule has 0 radical (unpaired) electrons. The fourth-order valence-corrected chi connectivity index (χ4v) is 3.52. The lowest BCUT2D eigenvalue weighted by molar-refractivity contribution is -0.120. The van der Waals surface area contributed by atoms with Crippen molar-refractivity contribution in [1.82, 2.24) is 15.6 Å². The first kappa shape index (κ1) is 22.4. The molecule has 0 spiro atoms. The van der Waals surface area contributed by atoms with Gasteiger partial charge in [-0.1, -0.05) is 39.8 Å². The molecule has 1 aromatic heterocycles. The van der Waals surface area contributed by atoms with Crippen LogP contribution in [0, 0.1) is 0 Å². The van der Waals surface area contributed by atoms with E-state index in [0.29, 0.717) is 19.5 Å². The summed E-state index contributed by atoms with van der Waals surface area (Å²) in [6.45, 7) is 6.68. The van der Waals surface area contributed by atoms with Gasteiger partial charge >= 0.3 is 6.09 Å². The van der Waals surface area contributed by atoms with Gasteiger partial charge < -0.3 is 15.4 Å². The summed E-state index contributed by atoms with van der Waals surface area (Å²) in [4.78, 5) is 27.2. The Morgan fingerprint density at radius 2 is 1.88 bits per heavy atom. The fourth-order valence-electron chi connectivity index (χ4n) is 1.71. The highest BCUT2D eigenvalue weighted by atomic mass is 33.1. The number of hydrogen-bond acceptors (Lipinski definition) is 6. The lowest BCUT2D eigenvalue weighted by Gasteiger charge is -2.19. The van der Waals surface area contributed by atoms with E-state index in [1.807, 2.05) is 45.1 Å². The minimum Gasteiger partial charge on any atom is -0.444 e. The van der Waals surface area contributed by atoms with Crippen LogP contribution in [-0.2, 0) is 9.53 Å². The number of alkyl carbamates (subject to hydrolysis) is 1. The highest BCUT2D eigenvalue weighted by Gasteiger charge is 2.15. The molecule has 26 heavy (non-hydrogen) atoms. The lowest BCUT2D eigenvalue weighted by Crippen LogP contribution is -2.33. The first-order valence-electron chi connectivity index (χ1n) is 8.41. The molecule has 0 bridgehead atoms. The van der Waals surface area contributed by atoms with Gasteiger partial charge in [0.2, 0.25) is 5.91 Å². The second-order valence-corrected chi connectivity index (χ2v) is 9.02. The number of ether oxygens (including phenoxy) is 1. The Kier molecular flexibility index (Phi) is 10.9. The first-order chi connectivity index (χ1) is 12.4. The van der Waals surface area contributed by atoms with Crippen LogP contribution in [0.3, 0.4) is 0 Å². The molecule has 1 aromatic rings. The van der Waals surface area contributed by atoms with Crippen molar-refractivity contribution in [1.29, 1.82) is 0 Å². The van der Waals surface area contributed by atoms with E-state index in [-0.39, 0.29) is 5.91 Å². The molecule has 0 aliphatic carbocycles. The number of nitrogens with zero attached hydrogens (tertiary/aromatic N) is 1. The van der Waals surface area contributed by atoms with Crippen LogP contribution in [0.2, 0.25) is 0 Å². The molecule has 0 fully saturated rings. The van der Waals surface area contributed by atoms with E-state index >= 15 is 0 Å². The third kappa shape index (κ3) is 12.7. The van der Waals surface area contributed by atoms with Gasteiger partial charge in [-0.25, -0.2) is 4.79 Å². The molecule has 0 saturated heterocycles. The van der Waals surface area contributed by atoms with Crippen LogP contribution in [0.25, 0.3) is 6.08 Å². The number of nitrogens with one attached hydrogen (secondary N) is 2. The molecule has 144 valence electrons. The van der Waals surface area contributed by atoms with Crippen molar-refractivity contribution < 1.29 is 14.3 Å². The molecular weight excluding hydrogens is 370 g/mol. The maximum Gasteiger partial charge on any atom is 0.407 e. The maximum atomic E-state index is 11.7. The fraction of sp³-hybridized carbons (Fsp3) is 0.500. The SMILES string of the molecule is CC(C)(C)OC(=O)NCCSSCCNC(=O)C/C=C/c1cccnc1. The van der Waals surface area contributed by atoms with Crippen molar-refractivity contribution in [2.24, 2.45) is 0 Å². The number of carbonyl (C=O) groups is 2. The Balaban J connectivity index is 1.96. The van der Waals surface area contributed by atoms with Gasteiger partial charge in [-0.05, 0) is 32.4 Å². The average Bonchev–Trinajstić information content (AvgIpc) is 2.56. The zero-order chi connectivity index (χ0) is 19.3. The summed E-state index contributed by atoms with van der Waals surface area (Å²) in [6, 6.07) is 3.80. The molecular formula is C18H27N3O3S2. The van der Waals surface area contributed by atoms with Gasteiger partial charge in [0.1, 0.15) is 5.60 Å². The van der Waals surface area contributed by atoms with Gasteiger partial charge in [0, 0.05) is 43.4 Å². The molecule has 6 nitrogen and oxygen atoms in total. The van der Waals surface area contributed by atoms with E-state index in [9.17, 15) is 9.59 Å². The Labute approximate surface area is 163 Å². The molecule has 0 aromatic carbocycles. The first-order valence-corrected chi connectivity index (χ1v) is 10.9. The van der Waals surface area contributed by atoms with Crippen molar-refractivity contribution >= 4 is 39.7 Å². The summed E-state index contributed by atoms with van der Waals surface area (Å²) in [5.74, 6) is 1.60. The van der Waals surface area contributed by atoms with Crippen LogP contribution in [0.1, 0.15) is 32.8 Å². The monoisotopic (exact) mass is 397 g/mol. The average molecular weight is 398 g/mol. The molecule has 2 amide bonds. The van der Waals surface area contributed by atoms with Crippen LogP contribution < -0.4 is 10.6 Å². The Bertz CT molecular complexity index is 575. The van der Waals surface area contributed by atoms with E-state index in [2.05, 4.69) is 15.6 Å². The standard InChI is InChI=1S/C18H27N3O3S2/c1-18(2,3)24-17(23)21-11-13-26-25-12-10-20-16(22)8-4-6-15-7-5-9-19-14-15/h4-7,9,14H,8,10-13H2,1-3H3,(H,20,22)(H,21,23)/b6-4+. The third-order valence-electron chi connectivity index (χ3n) is 2.74. The lowest BCUT2D eigenvalue weighted by atomic mass is 10.2. The van der Waals surface area contributed by atoms with E-state index in [4.69, 9.17) is 4.74 Å². The normalized spacial score (nSPS) is 11.3. The summed E-state index contributed by atoms with van der Waals surface area (Å²) < 4.78 is 5.15. The second-order valence-electron chi connectivity index (χ2n) is 6.32. The molecule has 0 aliphatic heterocycles. The van der Waals surface area contributed by atoms with E-state index in [1.165, 1.54) is 0 Å². The number of hydrogen-bond donors (Lipinski definition) is 2. The van der Waals surface area contributed by atoms with Gasteiger partial charge in [0.05, 0.1) is 0 Å². The number of pyridine rings is 1. The molecule has 0 aliphatic rings. The Morgan fingerprint density at radius 3 is 2.50 bits per heavy atom. The Morgan fingerprint density at radius 1 is 1.19 bits per heavy atom. The van der Waals surface area contributed by atoms with Crippen LogP contribution in [0.4, 0.5) is 4.79 Å². The van der Waals surface area contributed by atoms with Gasteiger partial charge in [0.25, 0.3) is 0 Å². The van der Waals surface area contributed by atoms with Crippen LogP contribution in [0.5, 0.6) is 0 Å². The Hall–Kier alpha value is -1.67.